The molecular weight excluding hydrogens is 362 g/mol. The van der Waals surface area contributed by atoms with Gasteiger partial charge in [-0.3, -0.25) is 5.21 Å². The van der Waals surface area contributed by atoms with E-state index >= 15 is 0 Å². The summed E-state index contributed by atoms with van der Waals surface area (Å²) in [5.41, 5.74) is 4.36. The molecule has 3 rings (SSSR count). The number of guanidine groups is 1. The maximum Gasteiger partial charge on any atom is 0.223 e. The minimum atomic E-state index is 0.457. The van der Waals surface area contributed by atoms with Crippen LogP contribution < -0.4 is 10.4 Å². The molecule has 1 aromatic carbocycles. The van der Waals surface area contributed by atoms with Crippen molar-refractivity contribution in [3.63, 3.8) is 0 Å². The molecule has 7 heteroatoms. The van der Waals surface area contributed by atoms with Gasteiger partial charge >= 0.3 is 0 Å². The van der Waals surface area contributed by atoms with Crippen molar-refractivity contribution in [2.45, 2.75) is 20.3 Å². The fraction of sp³-hybridized carbons (Fsp3) is 0.400. The number of hydrogen-bond acceptors (Lipinski definition) is 4. The lowest BCUT2D eigenvalue weighted by atomic mass is 10.0. The van der Waals surface area contributed by atoms with Crippen LogP contribution in [0.15, 0.2) is 47.6 Å². The van der Waals surface area contributed by atoms with Gasteiger partial charge in [-0.2, -0.15) is 0 Å². The summed E-state index contributed by atoms with van der Waals surface area (Å²) in [6.07, 6.45) is 2.80. The highest BCUT2D eigenvalue weighted by molar-refractivity contribution is 6.32. The van der Waals surface area contributed by atoms with Crippen LogP contribution in [0, 0.1) is 5.92 Å². The molecule has 0 amide bonds. The van der Waals surface area contributed by atoms with Gasteiger partial charge in [-0.15, -0.1) is 0 Å². The zero-order valence-corrected chi connectivity index (χ0v) is 16.5. The number of piperazine rings is 1. The molecule has 1 aliphatic rings. The maximum atomic E-state index is 9.57. The third kappa shape index (κ3) is 5.11. The van der Waals surface area contributed by atoms with Crippen LogP contribution >= 0.6 is 11.6 Å². The summed E-state index contributed by atoms with van der Waals surface area (Å²) >= 11 is 6.24. The third-order valence-electron chi connectivity index (χ3n) is 4.53. The highest BCUT2D eigenvalue weighted by Crippen LogP contribution is 2.23. The number of aromatic nitrogens is 1. The average Bonchev–Trinajstić information content (AvgIpc) is 2.68. The van der Waals surface area contributed by atoms with Gasteiger partial charge in [0.15, 0.2) is 0 Å². The van der Waals surface area contributed by atoms with Gasteiger partial charge in [0.25, 0.3) is 0 Å². The van der Waals surface area contributed by atoms with Crippen molar-refractivity contribution in [3.8, 4) is 0 Å². The second-order valence-electron chi connectivity index (χ2n) is 7.09. The van der Waals surface area contributed by atoms with Crippen LogP contribution in [0.3, 0.4) is 0 Å². The number of benzene rings is 1. The fourth-order valence-electron chi connectivity index (χ4n) is 3.21. The van der Waals surface area contributed by atoms with E-state index in [0.29, 0.717) is 30.0 Å². The molecule has 2 N–H and O–H groups in total. The predicted octanol–water partition coefficient (Wildman–Crippen LogP) is 3.72. The SMILES string of the molecule is CC(C)Cc1ccc(N=C(NO)N2CCN(c3ncccc3Cl)CC2)cc1. The fourth-order valence-corrected chi connectivity index (χ4v) is 3.45. The number of pyridine rings is 1. The molecule has 0 bridgehead atoms. The van der Waals surface area contributed by atoms with E-state index in [1.54, 1.807) is 6.20 Å². The molecule has 2 aromatic rings. The largest absolute Gasteiger partial charge is 0.352 e. The Labute approximate surface area is 165 Å². The Morgan fingerprint density at radius 3 is 2.48 bits per heavy atom. The number of nitrogens with one attached hydrogen (secondary N) is 1. The normalized spacial score (nSPS) is 15.4. The van der Waals surface area contributed by atoms with E-state index < -0.39 is 0 Å². The summed E-state index contributed by atoms with van der Waals surface area (Å²) in [6.45, 7) is 7.35. The van der Waals surface area contributed by atoms with Crippen molar-refractivity contribution in [2.75, 3.05) is 31.1 Å². The van der Waals surface area contributed by atoms with Gasteiger partial charge in [0.05, 0.1) is 10.7 Å². The van der Waals surface area contributed by atoms with Crippen molar-refractivity contribution < 1.29 is 5.21 Å². The van der Waals surface area contributed by atoms with Crippen molar-refractivity contribution >= 4 is 29.1 Å². The van der Waals surface area contributed by atoms with Crippen LogP contribution in [-0.2, 0) is 6.42 Å². The van der Waals surface area contributed by atoms with Crippen molar-refractivity contribution in [1.29, 1.82) is 0 Å². The Morgan fingerprint density at radius 2 is 1.89 bits per heavy atom. The number of nitrogens with zero attached hydrogens (tertiary/aromatic N) is 4. The van der Waals surface area contributed by atoms with Crippen molar-refractivity contribution in [1.82, 2.24) is 15.4 Å². The van der Waals surface area contributed by atoms with Gasteiger partial charge in [0, 0.05) is 32.4 Å². The quantitative estimate of drug-likeness (QED) is 0.475. The van der Waals surface area contributed by atoms with Crippen LogP contribution in [0.25, 0.3) is 0 Å². The number of hydrogen-bond donors (Lipinski definition) is 2. The van der Waals surface area contributed by atoms with Crippen molar-refractivity contribution in [3.05, 3.63) is 53.2 Å². The molecule has 0 unspecified atom stereocenters. The van der Waals surface area contributed by atoms with Crippen LogP contribution in [0.5, 0.6) is 0 Å². The predicted molar refractivity (Wildman–Crippen MR) is 110 cm³/mol. The molecule has 1 saturated heterocycles. The van der Waals surface area contributed by atoms with Crippen LogP contribution in [0.4, 0.5) is 11.5 Å². The molecular formula is C20H26ClN5O. The molecule has 1 aromatic heterocycles. The highest BCUT2D eigenvalue weighted by Gasteiger charge is 2.22. The first-order valence-electron chi connectivity index (χ1n) is 9.25. The Morgan fingerprint density at radius 1 is 1.19 bits per heavy atom. The number of aliphatic imine (C=N–C) groups is 1. The number of anilines is 1. The molecule has 0 aliphatic carbocycles. The molecule has 1 aliphatic heterocycles. The zero-order chi connectivity index (χ0) is 19.2. The number of hydroxylamine groups is 1. The van der Waals surface area contributed by atoms with Gasteiger partial charge in [-0.05, 0) is 42.2 Å². The summed E-state index contributed by atoms with van der Waals surface area (Å²) in [5.74, 6) is 1.88. The van der Waals surface area contributed by atoms with E-state index in [9.17, 15) is 5.21 Å². The topological polar surface area (TPSA) is 64.0 Å². The standard InChI is InChI=1S/C20H26ClN5O/c1-15(2)14-16-5-7-17(8-6-16)23-20(24-27)26-12-10-25(11-13-26)19-18(21)4-3-9-22-19/h3-9,15,27H,10-14H2,1-2H3,(H,23,24). The van der Waals surface area contributed by atoms with Crippen LogP contribution in [0.2, 0.25) is 5.02 Å². The van der Waals surface area contributed by atoms with E-state index in [2.05, 4.69) is 46.3 Å². The van der Waals surface area contributed by atoms with Gasteiger partial charge < -0.3 is 9.80 Å². The van der Waals surface area contributed by atoms with Crippen molar-refractivity contribution in [2.24, 2.45) is 10.9 Å². The van der Waals surface area contributed by atoms with E-state index in [1.807, 2.05) is 29.2 Å². The minimum Gasteiger partial charge on any atom is -0.352 e. The lowest BCUT2D eigenvalue weighted by Gasteiger charge is -2.36. The van der Waals surface area contributed by atoms with Gasteiger partial charge in [0.2, 0.25) is 5.96 Å². The van der Waals surface area contributed by atoms with Gasteiger partial charge in [0.1, 0.15) is 5.82 Å². The Balaban J connectivity index is 1.65. The summed E-state index contributed by atoms with van der Waals surface area (Å²) in [6, 6.07) is 11.8. The summed E-state index contributed by atoms with van der Waals surface area (Å²) < 4.78 is 0. The van der Waals surface area contributed by atoms with Gasteiger partial charge in [-0.25, -0.2) is 15.5 Å². The Hall–Kier alpha value is -2.31. The van der Waals surface area contributed by atoms with E-state index in [0.717, 1.165) is 31.0 Å². The zero-order valence-electron chi connectivity index (χ0n) is 15.8. The second-order valence-corrected chi connectivity index (χ2v) is 7.50. The molecule has 6 nitrogen and oxygen atoms in total. The van der Waals surface area contributed by atoms with E-state index in [1.165, 1.54) is 5.56 Å². The monoisotopic (exact) mass is 387 g/mol. The molecule has 1 fully saturated rings. The van der Waals surface area contributed by atoms with E-state index in [-0.39, 0.29) is 0 Å². The molecule has 0 atom stereocenters. The number of rotatable bonds is 4. The first kappa shape index (κ1) is 19.5. The molecule has 0 radical (unpaired) electrons. The molecule has 0 spiro atoms. The minimum absolute atomic E-state index is 0.457. The number of halogens is 1. The molecule has 0 saturated carbocycles. The average molecular weight is 388 g/mol. The van der Waals surface area contributed by atoms with Crippen LogP contribution in [-0.4, -0.2) is 47.2 Å². The third-order valence-corrected chi connectivity index (χ3v) is 4.83. The lowest BCUT2D eigenvalue weighted by molar-refractivity contribution is 0.207. The second kappa shape index (κ2) is 9.06. The molecule has 144 valence electrons. The lowest BCUT2D eigenvalue weighted by Crippen LogP contribution is -2.52. The first-order valence-corrected chi connectivity index (χ1v) is 9.62. The maximum absolute atomic E-state index is 9.57. The van der Waals surface area contributed by atoms with Gasteiger partial charge in [-0.1, -0.05) is 37.6 Å². The molecule has 27 heavy (non-hydrogen) atoms. The smallest absolute Gasteiger partial charge is 0.223 e. The van der Waals surface area contributed by atoms with Crippen LogP contribution in [0.1, 0.15) is 19.4 Å². The summed E-state index contributed by atoms with van der Waals surface area (Å²) in [5, 5.41) is 10.2. The van der Waals surface area contributed by atoms with E-state index in [4.69, 9.17) is 11.6 Å². The Bertz CT molecular complexity index is 770. The summed E-state index contributed by atoms with van der Waals surface area (Å²) in [4.78, 5) is 13.1. The molecule has 2 heterocycles. The first-order chi connectivity index (χ1) is 13.1. The summed E-state index contributed by atoms with van der Waals surface area (Å²) in [7, 11) is 0. The Kier molecular flexibility index (Phi) is 6.53. The highest BCUT2D eigenvalue weighted by atomic mass is 35.5.